The Hall–Kier alpha value is -2.66. The summed E-state index contributed by atoms with van der Waals surface area (Å²) in [5.74, 6) is -0.777. The van der Waals surface area contributed by atoms with Gasteiger partial charge in [0, 0.05) is 19.2 Å². The molecule has 2 aromatic carbocycles. The van der Waals surface area contributed by atoms with Crippen LogP contribution in [0.5, 0.6) is 11.5 Å². The maximum Gasteiger partial charge on any atom is 0.232 e. The lowest BCUT2D eigenvalue weighted by molar-refractivity contribution is 0.0962. The third-order valence-corrected chi connectivity index (χ3v) is 7.26. The third-order valence-electron chi connectivity index (χ3n) is 6.07. The van der Waals surface area contributed by atoms with Crippen molar-refractivity contribution in [3.05, 3.63) is 52.3 Å². The summed E-state index contributed by atoms with van der Waals surface area (Å²) in [5.41, 5.74) is 1.81. The maximum atomic E-state index is 15.3. The zero-order valence-electron chi connectivity index (χ0n) is 22.3. The maximum absolute atomic E-state index is 15.3. The van der Waals surface area contributed by atoms with Crippen molar-refractivity contribution in [2.45, 2.75) is 46.6 Å². The van der Waals surface area contributed by atoms with Gasteiger partial charge in [-0.05, 0) is 54.7 Å². The van der Waals surface area contributed by atoms with Gasteiger partial charge in [0.25, 0.3) is 0 Å². The van der Waals surface area contributed by atoms with E-state index in [1.54, 1.807) is 38.1 Å². The molecule has 0 spiro atoms. The Morgan fingerprint density at radius 1 is 1.16 bits per heavy atom. The highest BCUT2D eigenvalue weighted by Gasteiger charge is 2.33. The Balaban J connectivity index is 0.00000481. The van der Waals surface area contributed by atoms with Crippen LogP contribution in [-0.4, -0.2) is 58.0 Å². The van der Waals surface area contributed by atoms with E-state index < -0.39 is 21.3 Å². The first-order valence-electron chi connectivity index (χ1n) is 11.8. The molecular formula is C26H35BrFN3O5S. The first-order valence-corrected chi connectivity index (χ1v) is 13.6. The lowest BCUT2D eigenvalue weighted by Crippen LogP contribution is -2.31. The fourth-order valence-corrected chi connectivity index (χ4v) is 4.70. The average molecular weight is 601 g/mol. The van der Waals surface area contributed by atoms with Crippen molar-refractivity contribution in [3.8, 4) is 11.5 Å². The number of anilines is 1. The molecule has 0 saturated carbocycles. The van der Waals surface area contributed by atoms with E-state index in [1.165, 1.54) is 16.3 Å². The SMILES string of the molecule is Br.CCOc1cc2c(c(F)c1OCC)C(=N)N(CC(=O)c1ccc(N(C)S(C)(=O)=O)c(C(C)(C)C)c1)C2. The van der Waals surface area contributed by atoms with Crippen LogP contribution in [0.1, 0.15) is 61.7 Å². The van der Waals surface area contributed by atoms with Gasteiger partial charge in [0.1, 0.15) is 5.84 Å². The van der Waals surface area contributed by atoms with Crippen LogP contribution in [0.4, 0.5) is 10.1 Å². The minimum absolute atomic E-state index is 0. The number of fused-ring (bicyclic) bond motifs is 1. The highest BCUT2D eigenvalue weighted by molar-refractivity contribution is 8.93. The van der Waals surface area contributed by atoms with Crippen molar-refractivity contribution >= 4 is 44.3 Å². The lowest BCUT2D eigenvalue weighted by atomic mass is 9.84. The van der Waals surface area contributed by atoms with Crippen LogP contribution < -0.4 is 13.8 Å². The fraction of sp³-hybridized carbons (Fsp3) is 0.462. The first-order chi connectivity index (χ1) is 16.7. The van der Waals surface area contributed by atoms with E-state index in [1.807, 2.05) is 20.8 Å². The van der Waals surface area contributed by atoms with Gasteiger partial charge in [-0.15, -0.1) is 17.0 Å². The van der Waals surface area contributed by atoms with Gasteiger partial charge in [-0.3, -0.25) is 14.5 Å². The molecule has 37 heavy (non-hydrogen) atoms. The summed E-state index contributed by atoms with van der Waals surface area (Å²) in [6.45, 7) is 9.98. The molecule has 0 saturated heterocycles. The number of halogens is 2. The van der Waals surface area contributed by atoms with E-state index in [9.17, 15) is 13.2 Å². The summed E-state index contributed by atoms with van der Waals surface area (Å²) >= 11 is 0. The second-order valence-corrected chi connectivity index (χ2v) is 11.8. The van der Waals surface area contributed by atoms with Crippen LogP contribution in [0.25, 0.3) is 0 Å². The number of nitrogens with zero attached hydrogens (tertiary/aromatic N) is 2. The second kappa shape index (κ2) is 11.4. The van der Waals surface area contributed by atoms with Crippen molar-refractivity contribution in [2.24, 2.45) is 0 Å². The molecular weight excluding hydrogens is 565 g/mol. The molecule has 1 N–H and O–H groups in total. The number of hydrogen-bond donors (Lipinski definition) is 1. The van der Waals surface area contributed by atoms with E-state index in [0.717, 1.165) is 6.26 Å². The average Bonchev–Trinajstić information content (AvgIpc) is 3.09. The number of hydrogen-bond acceptors (Lipinski definition) is 6. The van der Waals surface area contributed by atoms with Gasteiger partial charge < -0.3 is 14.4 Å². The highest BCUT2D eigenvalue weighted by Crippen LogP contribution is 2.39. The zero-order valence-corrected chi connectivity index (χ0v) is 24.8. The molecule has 0 amide bonds. The predicted octanol–water partition coefficient (Wildman–Crippen LogP) is 4.92. The summed E-state index contributed by atoms with van der Waals surface area (Å²) in [7, 11) is -2.01. The Bertz CT molecular complexity index is 1310. The van der Waals surface area contributed by atoms with Crippen molar-refractivity contribution < 1.29 is 27.1 Å². The number of amidine groups is 1. The van der Waals surface area contributed by atoms with Crippen LogP contribution in [0.2, 0.25) is 0 Å². The molecule has 11 heteroatoms. The molecule has 1 heterocycles. The quantitative estimate of drug-likeness (QED) is 0.411. The summed E-state index contributed by atoms with van der Waals surface area (Å²) in [5, 5.41) is 8.55. The van der Waals surface area contributed by atoms with E-state index in [4.69, 9.17) is 14.9 Å². The van der Waals surface area contributed by atoms with E-state index >= 15 is 4.39 Å². The fourth-order valence-electron chi connectivity index (χ4n) is 4.19. The normalized spacial score (nSPS) is 13.2. The van der Waals surface area contributed by atoms with Gasteiger partial charge in [0.2, 0.25) is 10.0 Å². The topological polar surface area (TPSA) is 100 Å². The molecule has 2 aromatic rings. The summed E-state index contributed by atoms with van der Waals surface area (Å²) < 4.78 is 51.8. The summed E-state index contributed by atoms with van der Waals surface area (Å²) in [4.78, 5) is 14.8. The molecule has 0 radical (unpaired) electrons. The number of sulfonamides is 1. The largest absolute Gasteiger partial charge is 0.490 e. The molecule has 1 aliphatic heterocycles. The number of carbonyl (C=O) groups excluding carboxylic acids is 1. The minimum Gasteiger partial charge on any atom is -0.490 e. The minimum atomic E-state index is -3.49. The predicted molar refractivity (Wildman–Crippen MR) is 149 cm³/mol. The van der Waals surface area contributed by atoms with Crippen LogP contribution in [-0.2, 0) is 22.0 Å². The van der Waals surface area contributed by atoms with Gasteiger partial charge in [0.05, 0.1) is 37.3 Å². The smallest absolute Gasteiger partial charge is 0.232 e. The van der Waals surface area contributed by atoms with Gasteiger partial charge in [0.15, 0.2) is 23.1 Å². The van der Waals surface area contributed by atoms with Crippen molar-refractivity contribution in [1.82, 2.24) is 4.90 Å². The van der Waals surface area contributed by atoms with Gasteiger partial charge in [-0.1, -0.05) is 20.8 Å². The number of ether oxygens (including phenoxy) is 2. The van der Waals surface area contributed by atoms with Crippen LogP contribution in [0.15, 0.2) is 24.3 Å². The zero-order chi connectivity index (χ0) is 27.0. The Labute approximate surface area is 229 Å². The monoisotopic (exact) mass is 599 g/mol. The Kier molecular flexibility index (Phi) is 9.41. The number of nitrogens with one attached hydrogen (secondary N) is 1. The number of Topliss-reactive ketones (excluding diaryl/α,β-unsaturated/α-hetero) is 1. The molecule has 0 fully saturated rings. The molecule has 204 valence electrons. The number of ketones is 1. The van der Waals surface area contributed by atoms with Gasteiger partial charge in [-0.25, -0.2) is 12.8 Å². The van der Waals surface area contributed by atoms with E-state index in [-0.39, 0.29) is 65.4 Å². The number of rotatable bonds is 9. The summed E-state index contributed by atoms with van der Waals surface area (Å²) in [6, 6.07) is 6.58. The molecule has 0 aromatic heterocycles. The van der Waals surface area contributed by atoms with E-state index in [2.05, 4.69) is 0 Å². The number of carbonyl (C=O) groups is 1. The Morgan fingerprint density at radius 3 is 2.32 bits per heavy atom. The molecule has 1 aliphatic rings. The molecule has 0 bridgehead atoms. The van der Waals surface area contributed by atoms with Crippen LogP contribution >= 0.6 is 17.0 Å². The molecule has 8 nitrogen and oxygen atoms in total. The van der Waals surface area contributed by atoms with Gasteiger partial charge in [-0.2, -0.15) is 0 Å². The summed E-state index contributed by atoms with van der Waals surface area (Å²) in [6.07, 6.45) is 1.13. The van der Waals surface area contributed by atoms with Crippen LogP contribution in [0.3, 0.4) is 0 Å². The highest BCUT2D eigenvalue weighted by atomic mass is 79.9. The molecule has 3 rings (SSSR count). The molecule has 0 atom stereocenters. The van der Waals surface area contributed by atoms with Crippen molar-refractivity contribution in [1.29, 1.82) is 5.41 Å². The molecule has 0 aliphatic carbocycles. The first kappa shape index (κ1) is 30.6. The second-order valence-electron chi connectivity index (χ2n) is 9.76. The third kappa shape index (κ3) is 6.26. The van der Waals surface area contributed by atoms with Crippen molar-refractivity contribution in [3.63, 3.8) is 0 Å². The van der Waals surface area contributed by atoms with Crippen LogP contribution in [0, 0.1) is 11.2 Å². The standard InChI is InChI=1S/C26H34FN3O5S.BrH/c1-8-34-21-13-17-14-30(25(28)22(17)23(27)24(21)35-9-2)15-20(31)16-10-11-19(29(6)36(7,32)33)18(12-16)26(3,4)5;/h10-13,28H,8-9,14-15H2,1-7H3;1H. The van der Waals surface area contributed by atoms with E-state index in [0.29, 0.717) is 29.0 Å². The number of benzene rings is 2. The van der Waals surface area contributed by atoms with Gasteiger partial charge >= 0.3 is 0 Å². The molecule has 0 unspecified atom stereocenters. The Morgan fingerprint density at radius 2 is 1.78 bits per heavy atom. The van der Waals surface area contributed by atoms with Crippen molar-refractivity contribution in [2.75, 3.05) is 37.4 Å². The lowest BCUT2D eigenvalue weighted by Gasteiger charge is -2.28.